The lowest BCUT2D eigenvalue weighted by molar-refractivity contribution is 0.0474. The fraction of sp³-hybridized carbons (Fsp3) is 0.346. The second-order valence-corrected chi connectivity index (χ2v) is 9.79. The molecule has 1 saturated heterocycles. The summed E-state index contributed by atoms with van der Waals surface area (Å²) in [6.45, 7) is 7.44. The van der Waals surface area contributed by atoms with Gasteiger partial charge in [-0.2, -0.15) is 0 Å². The lowest BCUT2D eigenvalue weighted by Crippen LogP contribution is -2.42. The van der Waals surface area contributed by atoms with Crippen molar-refractivity contribution in [1.29, 1.82) is 0 Å². The smallest absolute Gasteiger partial charge is 0.253 e. The number of aromatic nitrogens is 2. The maximum Gasteiger partial charge on any atom is 0.253 e. The molecule has 0 radical (unpaired) electrons. The number of aliphatic hydroxyl groups excluding tert-OH is 1. The molecule has 5 nitrogen and oxygen atoms in total. The van der Waals surface area contributed by atoms with Gasteiger partial charge in [-0.05, 0) is 48.7 Å². The molecule has 4 rings (SSSR count). The first-order valence-corrected chi connectivity index (χ1v) is 11.3. The Hall–Kier alpha value is -2.76. The lowest BCUT2D eigenvalue weighted by atomic mass is 9.90. The van der Waals surface area contributed by atoms with Crippen molar-refractivity contribution < 1.29 is 9.90 Å². The van der Waals surface area contributed by atoms with Crippen LogP contribution >= 0.6 is 11.6 Å². The maximum atomic E-state index is 12.8. The van der Waals surface area contributed by atoms with E-state index in [9.17, 15) is 9.90 Å². The molecule has 6 heteroatoms. The third kappa shape index (κ3) is 4.84. The number of nitrogens with zero attached hydrogens (tertiary/aromatic N) is 3. The van der Waals surface area contributed by atoms with Gasteiger partial charge in [-0.1, -0.05) is 38.4 Å². The molecule has 1 aliphatic rings. The van der Waals surface area contributed by atoms with E-state index in [1.807, 2.05) is 24.5 Å². The maximum absolute atomic E-state index is 12.8. The number of β-amino-alcohol motifs (C(OH)–C–C–N with tert-alkyl or cyclic N) is 1. The van der Waals surface area contributed by atoms with Crippen molar-refractivity contribution in [3.63, 3.8) is 0 Å². The highest BCUT2D eigenvalue weighted by molar-refractivity contribution is 6.33. The van der Waals surface area contributed by atoms with Gasteiger partial charge in [-0.15, -0.1) is 0 Å². The van der Waals surface area contributed by atoms with Crippen molar-refractivity contribution in [2.24, 2.45) is 0 Å². The van der Waals surface area contributed by atoms with Gasteiger partial charge < -0.3 is 10.0 Å². The molecule has 0 bridgehead atoms. The molecule has 1 N–H and O–H groups in total. The minimum Gasteiger partial charge on any atom is -0.391 e. The molecular weight excluding hydrogens is 422 g/mol. The number of amides is 1. The predicted molar refractivity (Wildman–Crippen MR) is 128 cm³/mol. The van der Waals surface area contributed by atoms with E-state index < -0.39 is 6.10 Å². The zero-order valence-corrected chi connectivity index (χ0v) is 19.4. The summed E-state index contributed by atoms with van der Waals surface area (Å²) in [5, 5.41) is 10.4. The fourth-order valence-electron chi connectivity index (χ4n) is 3.97. The molecular formula is C26H28ClN3O2. The van der Waals surface area contributed by atoms with Gasteiger partial charge in [0.25, 0.3) is 5.91 Å². The monoisotopic (exact) mass is 449 g/mol. The minimum absolute atomic E-state index is 0.0445. The summed E-state index contributed by atoms with van der Waals surface area (Å²) in [7, 11) is 0. The topological polar surface area (TPSA) is 66.3 Å². The van der Waals surface area contributed by atoms with Crippen LogP contribution in [0.1, 0.15) is 49.7 Å². The molecule has 2 aromatic heterocycles. The van der Waals surface area contributed by atoms with Crippen LogP contribution in [0.25, 0.3) is 22.3 Å². The van der Waals surface area contributed by atoms with Crippen LogP contribution in [0.15, 0.2) is 55.0 Å². The van der Waals surface area contributed by atoms with Crippen LogP contribution in [0.3, 0.4) is 0 Å². The Morgan fingerprint density at radius 2 is 1.88 bits per heavy atom. The molecule has 3 aromatic rings. The predicted octanol–water partition coefficient (Wildman–Crippen LogP) is 5.36. The third-order valence-electron chi connectivity index (χ3n) is 5.81. The molecule has 1 aliphatic heterocycles. The molecule has 0 spiro atoms. The molecule has 32 heavy (non-hydrogen) atoms. The second-order valence-electron chi connectivity index (χ2n) is 9.38. The minimum atomic E-state index is -0.455. The first-order valence-electron chi connectivity index (χ1n) is 10.9. The SMILES string of the molecule is CC(C)(C)c1cc(-c2cncc(-c3ccc(C(=O)N4CCCC(O)C4)cc3Cl)c2)ccn1. The van der Waals surface area contributed by atoms with Crippen LogP contribution in [0, 0.1) is 0 Å². The zero-order valence-electron chi connectivity index (χ0n) is 18.7. The number of hydrogen-bond acceptors (Lipinski definition) is 4. The largest absolute Gasteiger partial charge is 0.391 e. The first-order chi connectivity index (χ1) is 15.2. The molecule has 1 atom stereocenters. The highest BCUT2D eigenvalue weighted by Gasteiger charge is 2.23. The Kier molecular flexibility index (Phi) is 6.31. The molecule has 1 fully saturated rings. The van der Waals surface area contributed by atoms with Crippen LogP contribution in [0.2, 0.25) is 5.02 Å². The Morgan fingerprint density at radius 3 is 2.59 bits per heavy atom. The van der Waals surface area contributed by atoms with E-state index >= 15 is 0 Å². The van der Waals surface area contributed by atoms with Gasteiger partial charge in [0, 0.05) is 70.1 Å². The van der Waals surface area contributed by atoms with Gasteiger partial charge in [-0.3, -0.25) is 14.8 Å². The van der Waals surface area contributed by atoms with Crippen LogP contribution in [0.4, 0.5) is 0 Å². The standard InChI is InChI=1S/C26H28ClN3O2/c1-26(2,3)24-13-17(8-9-29-24)19-11-20(15-28-14-19)22-7-6-18(12-23(22)27)25(32)30-10-4-5-21(31)16-30/h6-9,11-15,21,31H,4-5,10,16H2,1-3H3. The van der Waals surface area contributed by atoms with Crippen molar-refractivity contribution in [2.75, 3.05) is 13.1 Å². The van der Waals surface area contributed by atoms with E-state index in [1.165, 1.54) is 0 Å². The van der Waals surface area contributed by atoms with E-state index in [2.05, 4.69) is 42.9 Å². The van der Waals surface area contributed by atoms with E-state index in [0.29, 0.717) is 23.7 Å². The van der Waals surface area contributed by atoms with Crippen LogP contribution in [-0.4, -0.2) is 45.1 Å². The van der Waals surface area contributed by atoms with E-state index in [4.69, 9.17) is 11.6 Å². The summed E-state index contributed by atoms with van der Waals surface area (Å²) in [5.41, 5.74) is 5.23. The zero-order chi connectivity index (χ0) is 22.9. The van der Waals surface area contributed by atoms with Crippen molar-refractivity contribution in [1.82, 2.24) is 14.9 Å². The number of likely N-dealkylation sites (tertiary alicyclic amines) is 1. The van der Waals surface area contributed by atoms with Gasteiger partial charge in [0.2, 0.25) is 0 Å². The summed E-state index contributed by atoms with van der Waals surface area (Å²) in [6, 6.07) is 11.5. The second kappa shape index (κ2) is 9.00. The summed E-state index contributed by atoms with van der Waals surface area (Å²) < 4.78 is 0. The number of carbonyl (C=O) groups is 1. The molecule has 3 heterocycles. The molecule has 0 saturated carbocycles. The summed E-state index contributed by atoms with van der Waals surface area (Å²) in [5.74, 6) is -0.101. The highest BCUT2D eigenvalue weighted by atomic mass is 35.5. The number of halogens is 1. The molecule has 0 aliphatic carbocycles. The highest BCUT2D eigenvalue weighted by Crippen LogP contribution is 2.32. The van der Waals surface area contributed by atoms with Crippen molar-refractivity contribution in [3.05, 3.63) is 71.3 Å². The Morgan fingerprint density at radius 1 is 1.09 bits per heavy atom. The summed E-state index contributed by atoms with van der Waals surface area (Å²) in [4.78, 5) is 23.5. The summed E-state index contributed by atoms with van der Waals surface area (Å²) >= 11 is 6.60. The third-order valence-corrected chi connectivity index (χ3v) is 6.12. The van der Waals surface area contributed by atoms with Gasteiger partial charge in [0.1, 0.15) is 0 Å². The quantitative estimate of drug-likeness (QED) is 0.584. The van der Waals surface area contributed by atoms with E-state index in [-0.39, 0.29) is 11.3 Å². The number of benzene rings is 1. The average Bonchev–Trinajstić information content (AvgIpc) is 2.78. The number of carbonyl (C=O) groups excluding carboxylic acids is 1. The Balaban J connectivity index is 1.62. The molecule has 1 amide bonds. The number of aliphatic hydroxyl groups is 1. The van der Waals surface area contributed by atoms with Crippen molar-refractivity contribution in [2.45, 2.75) is 45.1 Å². The number of rotatable bonds is 3. The van der Waals surface area contributed by atoms with Crippen molar-refractivity contribution in [3.8, 4) is 22.3 Å². The first kappa shape index (κ1) is 22.4. The van der Waals surface area contributed by atoms with Crippen LogP contribution < -0.4 is 0 Å². The number of hydrogen-bond donors (Lipinski definition) is 1. The van der Waals surface area contributed by atoms with Crippen LogP contribution in [-0.2, 0) is 5.41 Å². The van der Waals surface area contributed by atoms with E-state index in [0.717, 1.165) is 40.8 Å². The average molecular weight is 450 g/mol. The van der Waals surface area contributed by atoms with Crippen LogP contribution in [0.5, 0.6) is 0 Å². The Labute approximate surface area is 194 Å². The lowest BCUT2D eigenvalue weighted by Gasteiger charge is -2.30. The van der Waals surface area contributed by atoms with E-state index in [1.54, 1.807) is 23.2 Å². The van der Waals surface area contributed by atoms with Gasteiger partial charge in [0.15, 0.2) is 0 Å². The van der Waals surface area contributed by atoms with Gasteiger partial charge in [0.05, 0.1) is 6.10 Å². The molecule has 1 unspecified atom stereocenters. The number of pyridine rings is 2. The summed E-state index contributed by atoms with van der Waals surface area (Å²) in [6.07, 6.45) is 6.53. The van der Waals surface area contributed by atoms with Crippen molar-refractivity contribution >= 4 is 17.5 Å². The normalized spacial score (nSPS) is 16.8. The molecule has 1 aromatic carbocycles. The Bertz CT molecular complexity index is 1140. The molecule has 166 valence electrons. The van der Waals surface area contributed by atoms with Gasteiger partial charge in [-0.25, -0.2) is 0 Å². The fourth-order valence-corrected chi connectivity index (χ4v) is 4.26. The van der Waals surface area contributed by atoms with Gasteiger partial charge >= 0.3 is 0 Å². The number of piperidine rings is 1.